The summed E-state index contributed by atoms with van der Waals surface area (Å²) in [5.41, 5.74) is -7.70. The minimum atomic E-state index is -1.56. The Hall–Kier alpha value is -5.37. The first-order valence-corrected chi connectivity index (χ1v) is 43.0. The highest BCUT2D eigenvalue weighted by atomic mass is 17.2. The molecular formula is C86H156O33. The van der Waals surface area contributed by atoms with E-state index in [1.54, 1.807) is 34.6 Å². The zero-order chi connectivity index (χ0) is 89.3. The first-order chi connectivity index (χ1) is 56.9. The summed E-state index contributed by atoms with van der Waals surface area (Å²) < 4.78 is 89.1. The molecule has 8 unspecified atom stereocenters. The number of rotatable bonds is 81. The summed E-state index contributed by atoms with van der Waals surface area (Å²) in [5.74, 6) is -6.05. The van der Waals surface area contributed by atoms with Crippen molar-refractivity contribution in [2.24, 2.45) is 62.1 Å². The van der Waals surface area contributed by atoms with E-state index in [1.165, 1.54) is 35.5 Å². The van der Waals surface area contributed by atoms with Gasteiger partial charge >= 0.3 is 53.7 Å². The molecular weight excluding hydrogens is 1560 g/mol. The van der Waals surface area contributed by atoms with Crippen molar-refractivity contribution in [3.05, 3.63) is 0 Å². The molecule has 8 atom stereocenters. The molecule has 0 aromatic carbocycles. The van der Waals surface area contributed by atoms with Gasteiger partial charge in [-0.25, -0.2) is 48.9 Å². The average Bonchev–Trinajstić information content (AvgIpc) is 0.827. The van der Waals surface area contributed by atoms with Crippen molar-refractivity contribution in [2.45, 2.75) is 245 Å². The third-order valence-corrected chi connectivity index (χ3v) is 19.3. The topological polar surface area (TPSA) is 375 Å². The minimum Gasteiger partial charge on any atom is -0.465 e. The molecule has 0 saturated heterocycles. The fraction of sp³-hybridized carbons (Fsp3) is 0.895. The van der Waals surface area contributed by atoms with E-state index in [0.717, 1.165) is 0 Å². The number of ether oxygens (including phenoxy) is 14. The monoisotopic (exact) mass is 1720 g/mol. The molecule has 0 aliphatic heterocycles. The molecule has 0 radical (unpaired) electrons. The van der Waals surface area contributed by atoms with Gasteiger partial charge in [-0.15, -0.1) is 0 Å². The van der Waals surface area contributed by atoms with E-state index in [2.05, 4.69) is 0 Å². The summed E-state index contributed by atoms with van der Waals surface area (Å²) in [6.07, 6.45) is 6.34. The zero-order valence-corrected chi connectivity index (χ0v) is 76.1. The van der Waals surface area contributed by atoms with Crippen LogP contribution >= 0.6 is 0 Å². The lowest BCUT2D eigenvalue weighted by atomic mass is 9.74. The molecule has 0 aromatic heterocycles. The fourth-order valence-electron chi connectivity index (χ4n) is 13.7. The van der Waals surface area contributed by atoms with Crippen molar-refractivity contribution in [2.75, 3.05) is 194 Å². The Morgan fingerprint density at radius 1 is 0.193 bits per heavy atom. The predicted octanol–water partition coefficient (Wildman–Crippen LogP) is 13.1. The Balaban J connectivity index is 9.12. The Bertz CT molecular complexity index is 2590. The van der Waals surface area contributed by atoms with Crippen molar-refractivity contribution >= 4 is 53.7 Å². The highest BCUT2D eigenvalue weighted by molar-refractivity contribution is 5.72. The molecule has 0 spiro atoms. The molecule has 0 fully saturated rings. The van der Waals surface area contributed by atoms with Crippen LogP contribution in [0.15, 0.2) is 0 Å². The van der Waals surface area contributed by atoms with Gasteiger partial charge in [0.25, 0.3) is 0 Å². The van der Waals surface area contributed by atoms with Crippen molar-refractivity contribution in [1.29, 1.82) is 0 Å². The Morgan fingerprint density at radius 3 is 0.479 bits per heavy atom. The minimum absolute atomic E-state index is 0.0205. The summed E-state index contributed by atoms with van der Waals surface area (Å²) in [7, 11) is 7.01. The summed E-state index contributed by atoms with van der Waals surface area (Å²) in [5, 5.41) is 0. The van der Waals surface area contributed by atoms with E-state index in [4.69, 9.17) is 115 Å². The maximum absolute atomic E-state index is 13.9. The van der Waals surface area contributed by atoms with E-state index in [1.807, 2.05) is 62.3 Å². The van der Waals surface area contributed by atoms with E-state index < -0.39 is 132 Å². The van der Waals surface area contributed by atoms with Crippen LogP contribution in [-0.2, 0) is 158 Å². The largest absolute Gasteiger partial charge is 0.465 e. The van der Waals surface area contributed by atoms with Gasteiger partial charge in [0.1, 0.15) is 52.9 Å². The van der Waals surface area contributed by atoms with Crippen molar-refractivity contribution < 1.29 is 158 Å². The Labute approximate surface area is 710 Å². The van der Waals surface area contributed by atoms with Crippen LogP contribution in [0.1, 0.15) is 245 Å². The molecule has 0 rings (SSSR count). The third-order valence-electron chi connectivity index (χ3n) is 19.3. The lowest BCUT2D eigenvalue weighted by molar-refractivity contribution is -0.283. The summed E-state index contributed by atoms with van der Waals surface area (Å²) in [6, 6.07) is 0. The van der Waals surface area contributed by atoms with Gasteiger partial charge in [0.05, 0.1) is 168 Å². The predicted molar refractivity (Wildman–Crippen MR) is 435 cm³/mol. The number of hydrogen-bond acceptors (Lipinski definition) is 33. The molecule has 119 heavy (non-hydrogen) atoms. The van der Waals surface area contributed by atoms with Gasteiger partial charge in [0, 0.05) is 63.2 Å². The van der Waals surface area contributed by atoms with Crippen LogP contribution in [0.4, 0.5) is 0 Å². The van der Waals surface area contributed by atoms with Crippen LogP contribution < -0.4 is 0 Å². The second kappa shape index (κ2) is 68.0. The van der Waals surface area contributed by atoms with E-state index in [9.17, 15) is 43.2 Å². The third kappa shape index (κ3) is 53.4. The van der Waals surface area contributed by atoms with Gasteiger partial charge in [-0.2, -0.15) is 0 Å². The van der Waals surface area contributed by atoms with Crippen LogP contribution in [0, 0.1) is 62.1 Å². The summed E-state index contributed by atoms with van der Waals surface area (Å²) >= 11 is 0. The molecule has 33 nitrogen and oxygen atoms in total. The van der Waals surface area contributed by atoms with Crippen LogP contribution in [0.2, 0.25) is 0 Å². The van der Waals surface area contributed by atoms with Gasteiger partial charge < -0.3 is 66.3 Å². The highest BCUT2D eigenvalue weighted by Gasteiger charge is 2.46. The van der Waals surface area contributed by atoms with Gasteiger partial charge in [-0.05, 0) is 119 Å². The molecule has 0 aliphatic rings. The number of carbonyl (C=O) groups excluding carboxylic acids is 9. The maximum Gasteiger partial charge on any atom is 0.305 e. The van der Waals surface area contributed by atoms with Crippen LogP contribution in [-0.4, -0.2) is 248 Å². The van der Waals surface area contributed by atoms with E-state index in [-0.39, 0.29) is 219 Å². The van der Waals surface area contributed by atoms with Gasteiger partial charge in [-0.3, -0.25) is 43.2 Å². The van der Waals surface area contributed by atoms with Crippen molar-refractivity contribution in [1.82, 2.24) is 0 Å². The SMILES string of the molecule is CCCC(=O)OCC(COCC(COC(=O)CCC)(COC(=O)CCC)COC(=O)CCC)(COCC(COCC(COCC(COCC(COC(=O)CCC)(CC(C)COOC)CC(C)COOC)(COC(=O)CCC)CC(C)COOC)(COC(=O)CCC)CC(C)COOC)(COC(=O)CCC)CC(C)COOC)COC(=O)CCC. The Kier molecular flexibility index (Phi) is 65.0. The summed E-state index contributed by atoms with van der Waals surface area (Å²) in [4.78, 5) is 174. The smallest absolute Gasteiger partial charge is 0.305 e. The molecule has 0 aliphatic carbocycles. The number of carbonyl (C=O) groups is 9. The second-order valence-corrected chi connectivity index (χ2v) is 33.0. The number of esters is 9. The molecule has 0 aromatic rings. The lowest BCUT2D eigenvalue weighted by Gasteiger charge is -2.41. The van der Waals surface area contributed by atoms with E-state index >= 15 is 0 Å². The first kappa shape index (κ1) is 114. The van der Waals surface area contributed by atoms with Gasteiger partial charge in [0.2, 0.25) is 0 Å². The molecule has 698 valence electrons. The highest BCUT2D eigenvalue weighted by Crippen LogP contribution is 2.40. The molecule has 33 heteroatoms. The average molecular weight is 1720 g/mol. The molecule has 0 bridgehead atoms. The van der Waals surface area contributed by atoms with Crippen molar-refractivity contribution in [3.63, 3.8) is 0 Å². The fourth-order valence-corrected chi connectivity index (χ4v) is 13.7. The van der Waals surface area contributed by atoms with Crippen LogP contribution in [0.3, 0.4) is 0 Å². The summed E-state index contributed by atoms with van der Waals surface area (Å²) in [6.45, 7) is 21.6. The van der Waals surface area contributed by atoms with E-state index in [0.29, 0.717) is 70.6 Å². The lowest BCUT2D eigenvalue weighted by Crippen LogP contribution is -2.48. The van der Waals surface area contributed by atoms with Gasteiger partial charge in [0.15, 0.2) is 0 Å². The standard InChI is InChI=1S/C86H156O33/c1-20-29-72(87)106-58-81(38-67(10)43-115-96-15,39-68(11)44-116-97-16)48-101-49-82(40-69(12)45-117-98-17,59-107-73(88)30-21-2)50-102-51-83(41-70(13)46-118-99-18,60-108-74(89)31-22-3)52-103-53-84(42-71(14)47-119-100-19,61-109-75(90)32-23-4)54-104-55-85(62-110-76(91)33-24-5,63-111-77(92)34-25-6)56-105-57-86(64-112-78(93)35-26-7,65-113-79(94)36-27-8)66-114-80(95)37-28-9/h67-71H,20-66H2,1-19H3. The van der Waals surface area contributed by atoms with Crippen LogP contribution in [0.5, 0.6) is 0 Å². The first-order valence-electron chi connectivity index (χ1n) is 43.0. The maximum atomic E-state index is 13.9. The second-order valence-electron chi connectivity index (χ2n) is 33.0. The van der Waals surface area contributed by atoms with Crippen LogP contribution in [0.25, 0.3) is 0 Å². The Morgan fingerprint density at radius 2 is 0.319 bits per heavy atom. The number of hydrogen-bond donors (Lipinski definition) is 0. The molecule has 0 saturated carbocycles. The molecule has 0 amide bonds. The zero-order valence-electron chi connectivity index (χ0n) is 76.1. The quantitative estimate of drug-likeness (QED) is 0.0236. The molecule has 0 N–H and O–H groups in total. The molecule has 0 heterocycles. The van der Waals surface area contributed by atoms with Gasteiger partial charge in [-0.1, -0.05) is 96.9 Å². The van der Waals surface area contributed by atoms with Crippen molar-refractivity contribution in [3.8, 4) is 0 Å². The normalized spacial score (nSPS) is 15.2.